The maximum absolute atomic E-state index is 6.98. The first kappa shape index (κ1) is 37.1. The number of hydrogen-bond acceptors (Lipinski definition) is 2. The lowest BCUT2D eigenvalue weighted by molar-refractivity contribution is 0.666. The molecule has 1 heterocycles. The second-order valence-corrected chi connectivity index (χ2v) is 17.4. The molecule has 0 aliphatic rings. The SMILES string of the molecule is Cc1cccc2c1oc1c(N(c3ccc(-c4ccc5cc(-c6ccc7ccccc7c6)ccc5c4)cc3)c3ccc4cc(-c5ccc6ccccc6c5)ccc4c3)cc3ccccc3c12. The molecule has 13 rings (SSSR count). The number of hydrogen-bond donors (Lipinski definition) is 0. The Morgan fingerprint density at radius 3 is 1.29 bits per heavy atom. The smallest absolute Gasteiger partial charge is 0.160 e. The van der Waals surface area contributed by atoms with Crippen molar-refractivity contribution in [3.05, 3.63) is 236 Å². The van der Waals surface area contributed by atoms with Crippen molar-refractivity contribution >= 4 is 92.9 Å². The van der Waals surface area contributed by atoms with E-state index in [4.69, 9.17) is 4.42 Å². The quantitative estimate of drug-likeness (QED) is 0.166. The van der Waals surface area contributed by atoms with Crippen LogP contribution < -0.4 is 4.90 Å². The summed E-state index contributed by atoms with van der Waals surface area (Å²) >= 11 is 0. The lowest BCUT2D eigenvalue weighted by Crippen LogP contribution is -2.10. The molecule has 0 saturated carbocycles. The van der Waals surface area contributed by atoms with Gasteiger partial charge in [-0.25, -0.2) is 0 Å². The van der Waals surface area contributed by atoms with Gasteiger partial charge in [-0.15, -0.1) is 0 Å². The van der Waals surface area contributed by atoms with Crippen molar-refractivity contribution in [3.63, 3.8) is 0 Å². The molecule has 0 saturated heterocycles. The largest absolute Gasteiger partial charge is 0.454 e. The van der Waals surface area contributed by atoms with Crippen molar-refractivity contribution in [1.82, 2.24) is 0 Å². The molecule has 0 atom stereocenters. The van der Waals surface area contributed by atoms with Crippen LogP contribution in [-0.2, 0) is 0 Å². The molecular weight excluding hydrogens is 787 g/mol. The summed E-state index contributed by atoms with van der Waals surface area (Å²) in [6.07, 6.45) is 0. The van der Waals surface area contributed by atoms with Gasteiger partial charge in [0, 0.05) is 22.1 Å². The summed E-state index contributed by atoms with van der Waals surface area (Å²) < 4.78 is 6.98. The van der Waals surface area contributed by atoms with E-state index in [9.17, 15) is 0 Å². The van der Waals surface area contributed by atoms with Crippen molar-refractivity contribution in [2.75, 3.05) is 4.90 Å². The zero-order valence-electron chi connectivity index (χ0n) is 35.8. The standard InChI is InChI=1S/C63H41NO/c1-40-9-8-16-59-61-58-15-7-6-14-55(58)39-60(63(61)65-62(40)59)64(57-32-29-53-37-52(25-26-54(53)38-57)48-20-18-42-11-3-5-13-45(42)34-48)56-30-27-43(28-31-56)46-21-22-50-36-51(24-23-49(50)35-46)47-19-17-41-10-2-4-12-44(41)33-47/h2-39H,1H3. The average Bonchev–Trinajstić information content (AvgIpc) is 3.77. The third kappa shape index (κ3) is 6.33. The molecule has 0 N–H and O–H groups in total. The van der Waals surface area contributed by atoms with Gasteiger partial charge in [-0.05, 0) is 160 Å². The second-order valence-electron chi connectivity index (χ2n) is 17.4. The van der Waals surface area contributed by atoms with Gasteiger partial charge >= 0.3 is 0 Å². The van der Waals surface area contributed by atoms with E-state index < -0.39 is 0 Å². The van der Waals surface area contributed by atoms with E-state index in [1.54, 1.807) is 0 Å². The normalized spacial score (nSPS) is 11.8. The summed E-state index contributed by atoms with van der Waals surface area (Å²) in [4.78, 5) is 2.38. The van der Waals surface area contributed by atoms with Gasteiger partial charge in [-0.3, -0.25) is 0 Å². The summed E-state index contributed by atoms with van der Waals surface area (Å²) in [7, 11) is 0. The van der Waals surface area contributed by atoms with E-state index >= 15 is 0 Å². The maximum atomic E-state index is 6.98. The number of fused-ring (bicyclic) bond motifs is 9. The summed E-state index contributed by atoms with van der Waals surface area (Å²) in [6.45, 7) is 2.13. The minimum Gasteiger partial charge on any atom is -0.454 e. The topological polar surface area (TPSA) is 16.4 Å². The van der Waals surface area contributed by atoms with Crippen molar-refractivity contribution in [2.24, 2.45) is 0 Å². The number of para-hydroxylation sites is 1. The van der Waals surface area contributed by atoms with Gasteiger partial charge in [0.1, 0.15) is 5.58 Å². The van der Waals surface area contributed by atoms with E-state index in [0.29, 0.717) is 0 Å². The van der Waals surface area contributed by atoms with Crippen LogP contribution in [0.2, 0.25) is 0 Å². The van der Waals surface area contributed by atoms with Crippen LogP contribution in [0.25, 0.3) is 109 Å². The number of anilines is 3. The fourth-order valence-electron chi connectivity index (χ4n) is 10.1. The molecule has 0 unspecified atom stereocenters. The van der Waals surface area contributed by atoms with Crippen LogP contribution >= 0.6 is 0 Å². The monoisotopic (exact) mass is 827 g/mol. The predicted molar refractivity (Wildman–Crippen MR) is 277 cm³/mol. The van der Waals surface area contributed by atoms with E-state index in [1.165, 1.54) is 81.7 Å². The zero-order chi connectivity index (χ0) is 43.0. The second kappa shape index (κ2) is 14.8. The number of nitrogens with zero attached hydrogens (tertiary/aromatic N) is 1. The highest BCUT2D eigenvalue weighted by atomic mass is 16.3. The van der Waals surface area contributed by atoms with Gasteiger partial charge in [-0.2, -0.15) is 0 Å². The first-order valence-electron chi connectivity index (χ1n) is 22.4. The molecule has 0 spiro atoms. The Balaban J connectivity index is 0.924. The fourth-order valence-corrected chi connectivity index (χ4v) is 10.1. The first-order valence-corrected chi connectivity index (χ1v) is 22.4. The van der Waals surface area contributed by atoms with E-state index in [-0.39, 0.29) is 0 Å². The van der Waals surface area contributed by atoms with Gasteiger partial charge in [0.15, 0.2) is 5.58 Å². The Hall–Kier alpha value is -8.46. The molecule has 0 aliphatic carbocycles. The first-order chi connectivity index (χ1) is 32.1. The van der Waals surface area contributed by atoms with Crippen molar-refractivity contribution in [1.29, 1.82) is 0 Å². The molecule has 2 nitrogen and oxygen atoms in total. The highest BCUT2D eigenvalue weighted by Crippen LogP contribution is 2.47. The summed E-state index contributed by atoms with van der Waals surface area (Å²) in [5.41, 5.74) is 13.3. The minimum absolute atomic E-state index is 0.876. The van der Waals surface area contributed by atoms with Crippen LogP contribution in [0.5, 0.6) is 0 Å². The maximum Gasteiger partial charge on any atom is 0.160 e. The molecule has 0 bridgehead atoms. The Bertz CT molecular complexity index is 4030. The van der Waals surface area contributed by atoms with E-state index in [0.717, 1.165) is 50.1 Å². The average molecular weight is 828 g/mol. The third-order valence-electron chi connectivity index (χ3n) is 13.5. The van der Waals surface area contributed by atoms with Crippen LogP contribution in [0.4, 0.5) is 17.1 Å². The molecule has 65 heavy (non-hydrogen) atoms. The van der Waals surface area contributed by atoms with Crippen LogP contribution in [0.15, 0.2) is 235 Å². The number of rotatable bonds is 6. The fraction of sp³-hybridized carbons (Fsp3) is 0.0159. The lowest BCUT2D eigenvalue weighted by atomic mass is 9.96. The molecular formula is C63H41NO. The zero-order valence-corrected chi connectivity index (χ0v) is 35.8. The van der Waals surface area contributed by atoms with E-state index in [1.807, 2.05) is 0 Å². The summed E-state index contributed by atoms with van der Waals surface area (Å²) in [6, 6.07) is 84.3. The Morgan fingerprint density at radius 2 is 0.708 bits per heavy atom. The molecule has 1 aromatic heterocycles. The van der Waals surface area contributed by atoms with Crippen LogP contribution in [0.1, 0.15) is 5.56 Å². The highest BCUT2D eigenvalue weighted by Gasteiger charge is 2.23. The van der Waals surface area contributed by atoms with Crippen LogP contribution in [0.3, 0.4) is 0 Å². The number of benzene rings is 12. The van der Waals surface area contributed by atoms with Crippen LogP contribution in [-0.4, -0.2) is 0 Å². The molecule has 13 aromatic rings. The lowest BCUT2D eigenvalue weighted by Gasteiger charge is -2.27. The Morgan fingerprint density at radius 1 is 0.292 bits per heavy atom. The van der Waals surface area contributed by atoms with Crippen molar-refractivity contribution in [2.45, 2.75) is 6.92 Å². The number of furan rings is 1. The molecule has 0 amide bonds. The molecule has 0 fully saturated rings. The van der Waals surface area contributed by atoms with Gasteiger partial charge < -0.3 is 9.32 Å². The molecule has 304 valence electrons. The van der Waals surface area contributed by atoms with Gasteiger partial charge in [0.25, 0.3) is 0 Å². The van der Waals surface area contributed by atoms with Crippen molar-refractivity contribution in [3.8, 4) is 33.4 Å². The Labute approximate surface area is 376 Å². The van der Waals surface area contributed by atoms with E-state index in [2.05, 4.69) is 242 Å². The van der Waals surface area contributed by atoms with Crippen molar-refractivity contribution < 1.29 is 4.42 Å². The van der Waals surface area contributed by atoms with Crippen LogP contribution in [0, 0.1) is 6.92 Å². The van der Waals surface area contributed by atoms with Gasteiger partial charge in [0.2, 0.25) is 0 Å². The number of aryl methyl sites for hydroxylation is 1. The third-order valence-corrected chi connectivity index (χ3v) is 13.5. The van der Waals surface area contributed by atoms with Gasteiger partial charge in [0.05, 0.1) is 5.69 Å². The molecule has 0 radical (unpaired) electrons. The minimum atomic E-state index is 0.876. The predicted octanol–water partition coefficient (Wildman–Crippen LogP) is 18.1. The highest BCUT2D eigenvalue weighted by molar-refractivity contribution is 6.23. The van der Waals surface area contributed by atoms with Gasteiger partial charge in [-0.1, -0.05) is 170 Å². The Kier molecular flexibility index (Phi) is 8.47. The molecule has 0 aliphatic heterocycles. The molecule has 12 aromatic carbocycles. The summed E-state index contributed by atoms with van der Waals surface area (Å²) in [5, 5.41) is 14.4. The molecule has 2 heteroatoms. The summed E-state index contributed by atoms with van der Waals surface area (Å²) in [5.74, 6) is 0.